The fourth-order valence-electron chi connectivity index (χ4n) is 3.99. The highest BCUT2D eigenvalue weighted by Crippen LogP contribution is 2.43. The summed E-state index contributed by atoms with van der Waals surface area (Å²) in [4.78, 5) is 12.5. The molecule has 2 fully saturated rings. The van der Waals surface area contributed by atoms with Gasteiger partial charge in [-0.05, 0) is 43.4 Å². The number of ether oxygens (including phenoxy) is 1. The van der Waals surface area contributed by atoms with Crippen LogP contribution in [0, 0.1) is 28.1 Å². The zero-order valence-electron chi connectivity index (χ0n) is 13.4. The number of nitriles is 1. The van der Waals surface area contributed by atoms with Crippen molar-refractivity contribution in [2.75, 3.05) is 19.8 Å². The molecule has 118 valence electrons. The van der Waals surface area contributed by atoms with Crippen LogP contribution >= 0.6 is 0 Å². The van der Waals surface area contributed by atoms with Crippen molar-refractivity contribution >= 4 is 5.91 Å². The predicted octanol–water partition coefficient (Wildman–Crippen LogP) is 3.03. The highest BCUT2D eigenvalue weighted by molar-refractivity contribution is 5.85. The topological polar surface area (TPSA) is 62.1 Å². The first kappa shape index (κ1) is 16.3. The van der Waals surface area contributed by atoms with Gasteiger partial charge in [-0.1, -0.05) is 26.7 Å². The highest BCUT2D eigenvalue weighted by Gasteiger charge is 2.42. The lowest BCUT2D eigenvalue weighted by molar-refractivity contribution is -0.133. The van der Waals surface area contributed by atoms with Gasteiger partial charge in [0.1, 0.15) is 5.41 Å². The molecule has 21 heavy (non-hydrogen) atoms. The van der Waals surface area contributed by atoms with Crippen LogP contribution in [0.4, 0.5) is 0 Å². The number of amides is 1. The number of nitrogens with zero attached hydrogens (tertiary/aromatic N) is 1. The summed E-state index contributed by atoms with van der Waals surface area (Å²) in [6, 6.07) is 2.25. The number of nitrogens with one attached hydrogen (secondary N) is 1. The van der Waals surface area contributed by atoms with Crippen LogP contribution in [-0.4, -0.2) is 25.7 Å². The van der Waals surface area contributed by atoms with Gasteiger partial charge in [-0.3, -0.25) is 4.79 Å². The first-order valence-electron chi connectivity index (χ1n) is 8.29. The Morgan fingerprint density at radius 2 is 1.86 bits per heavy atom. The van der Waals surface area contributed by atoms with Crippen molar-refractivity contribution in [1.29, 1.82) is 5.26 Å². The minimum atomic E-state index is -0.865. The smallest absolute Gasteiger partial charge is 0.240 e. The summed E-state index contributed by atoms with van der Waals surface area (Å²) in [6.45, 7) is 6.25. The monoisotopic (exact) mass is 292 g/mol. The van der Waals surface area contributed by atoms with E-state index in [1.165, 1.54) is 25.7 Å². The van der Waals surface area contributed by atoms with Gasteiger partial charge in [0.05, 0.1) is 6.07 Å². The van der Waals surface area contributed by atoms with E-state index in [2.05, 4.69) is 25.2 Å². The van der Waals surface area contributed by atoms with E-state index >= 15 is 0 Å². The molecule has 0 aromatic carbocycles. The minimum absolute atomic E-state index is 0.0802. The number of carbonyl (C=O) groups excluding carboxylic acids is 1. The maximum atomic E-state index is 12.5. The first-order valence-corrected chi connectivity index (χ1v) is 8.29. The number of hydrogen-bond acceptors (Lipinski definition) is 3. The van der Waals surface area contributed by atoms with Crippen molar-refractivity contribution < 1.29 is 9.53 Å². The van der Waals surface area contributed by atoms with E-state index in [4.69, 9.17) is 4.74 Å². The molecule has 4 nitrogen and oxygen atoms in total. The van der Waals surface area contributed by atoms with E-state index in [1.54, 1.807) is 0 Å². The second-order valence-electron chi connectivity index (χ2n) is 7.29. The molecule has 1 saturated heterocycles. The number of hydrogen-bond donors (Lipinski definition) is 1. The number of rotatable bonds is 5. The lowest BCUT2D eigenvalue weighted by atomic mass is 9.77. The van der Waals surface area contributed by atoms with Gasteiger partial charge in [-0.25, -0.2) is 0 Å². The van der Waals surface area contributed by atoms with Gasteiger partial charge in [0.25, 0.3) is 0 Å². The zero-order chi connectivity index (χ0) is 15.3. The maximum Gasteiger partial charge on any atom is 0.240 e. The Labute approximate surface area is 128 Å². The van der Waals surface area contributed by atoms with Gasteiger partial charge in [-0.2, -0.15) is 5.26 Å². The van der Waals surface area contributed by atoms with Crippen LogP contribution in [0.3, 0.4) is 0 Å². The van der Waals surface area contributed by atoms with Crippen LogP contribution in [0.5, 0.6) is 0 Å². The van der Waals surface area contributed by atoms with Crippen molar-refractivity contribution in [2.24, 2.45) is 16.7 Å². The van der Waals surface area contributed by atoms with Crippen LogP contribution in [0.25, 0.3) is 0 Å². The second-order valence-corrected chi connectivity index (χ2v) is 7.29. The summed E-state index contributed by atoms with van der Waals surface area (Å²) >= 11 is 0. The number of carbonyl (C=O) groups is 1. The van der Waals surface area contributed by atoms with Crippen molar-refractivity contribution in [3.8, 4) is 6.07 Å². The second kappa shape index (κ2) is 6.79. The van der Waals surface area contributed by atoms with Crippen LogP contribution in [0.15, 0.2) is 0 Å². The summed E-state index contributed by atoms with van der Waals surface area (Å²) in [5, 5.41) is 12.6. The third-order valence-corrected chi connectivity index (χ3v) is 5.12. The largest absolute Gasteiger partial charge is 0.381 e. The lowest BCUT2D eigenvalue weighted by Gasteiger charge is -2.34. The average molecular weight is 292 g/mol. The molecule has 0 radical (unpaired) electrons. The summed E-state index contributed by atoms with van der Waals surface area (Å²) < 4.78 is 5.30. The molecular weight excluding hydrogens is 264 g/mol. The van der Waals surface area contributed by atoms with Crippen LogP contribution in [-0.2, 0) is 9.53 Å². The third kappa shape index (κ3) is 3.77. The zero-order valence-corrected chi connectivity index (χ0v) is 13.4. The van der Waals surface area contributed by atoms with Crippen molar-refractivity contribution in [3.63, 3.8) is 0 Å². The first-order chi connectivity index (χ1) is 10.0. The average Bonchev–Trinajstić information content (AvgIpc) is 2.93. The van der Waals surface area contributed by atoms with Crippen LogP contribution in [0.1, 0.15) is 58.8 Å². The molecule has 0 unspecified atom stereocenters. The van der Waals surface area contributed by atoms with E-state index in [0.717, 1.165) is 13.0 Å². The van der Waals surface area contributed by atoms with Crippen molar-refractivity contribution in [1.82, 2.24) is 5.32 Å². The fraction of sp³-hybridized carbons (Fsp3) is 0.882. The SMILES string of the molecule is CC(C)CC1(CNC(=O)C2(C#N)CCOCC2)CCCC1. The third-order valence-electron chi connectivity index (χ3n) is 5.12. The summed E-state index contributed by atoms with van der Waals surface area (Å²) in [6.07, 6.45) is 7.14. The normalized spacial score (nSPS) is 23.7. The summed E-state index contributed by atoms with van der Waals surface area (Å²) in [5.74, 6) is 0.566. The summed E-state index contributed by atoms with van der Waals surface area (Å²) in [5.41, 5.74) is -0.610. The predicted molar refractivity (Wildman–Crippen MR) is 81.5 cm³/mol. The van der Waals surface area contributed by atoms with Gasteiger partial charge < -0.3 is 10.1 Å². The van der Waals surface area contributed by atoms with E-state index in [9.17, 15) is 10.1 Å². The molecule has 4 heteroatoms. The van der Waals surface area contributed by atoms with Gasteiger partial charge in [-0.15, -0.1) is 0 Å². The van der Waals surface area contributed by atoms with E-state index in [1.807, 2.05) is 0 Å². The van der Waals surface area contributed by atoms with Crippen LogP contribution in [0.2, 0.25) is 0 Å². The Hall–Kier alpha value is -1.08. The molecule has 0 bridgehead atoms. The Morgan fingerprint density at radius 1 is 1.24 bits per heavy atom. The van der Waals surface area contributed by atoms with Gasteiger partial charge in [0.2, 0.25) is 5.91 Å². The Bertz CT molecular complexity index is 400. The Balaban J connectivity index is 1.97. The molecule has 1 heterocycles. The molecule has 1 amide bonds. The molecule has 1 N–H and O–H groups in total. The van der Waals surface area contributed by atoms with Gasteiger partial charge in [0.15, 0.2) is 0 Å². The minimum Gasteiger partial charge on any atom is -0.381 e. The highest BCUT2D eigenvalue weighted by atomic mass is 16.5. The Morgan fingerprint density at radius 3 is 2.38 bits per heavy atom. The molecule has 1 aliphatic carbocycles. The van der Waals surface area contributed by atoms with Gasteiger partial charge >= 0.3 is 0 Å². The standard InChI is InChI=1S/C17H28N2O2/c1-14(2)11-16(5-3-4-6-16)13-19-15(20)17(12-18)7-9-21-10-8-17/h14H,3-11,13H2,1-2H3,(H,19,20). The molecule has 1 aliphatic heterocycles. The van der Waals surface area contributed by atoms with E-state index in [0.29, 0.717) is 32.0 Å². The Kier molecular flexibility index (Phi) is 5.27. The van der Waals surface area contributed by atoms with Crippen LogP contribution < -0.4 is 5.32 Å². The van der Waals surface area contributed by atoms with E-state index in [-0.39, 0.29) is 11.3 Å². The maximum absolute atomic E-state index is 12.5. The quantitative estimate of drug-likeness (QED) is 0.847. The van der Waals surface area contributed by atoms with Gasteiger partial charge in [0, 0.05) is 19.8 Å². The molecule has 0 spiro atoms. The fourth-order valence-corrected chi connectivity index (χ4v) is 3.99. The molecular formula is C17H28N2O2. The van der Waals surface area contributed by atoms with E-state index < -0.39 is 5.41 Å². The molecule has 0 atom stereocenters. The molecule has 1 saturated carbocycles. The lowest BCUT2D eigenvalue weighted by Crippen LogP contribution is -2.47. The molecule has 2 aliphatic rings. The molecule has 0 aromatic heterocycles. The van der Waals surface area contributed by atoms with Crippen molar-refractivity contribution in [3.05, 3.63) is 0 Å². The molecule has 0 aromatic rings. The summed E-state index contributed by atoms with van der Waals surface area (Å²) in [7, 11) is 0. The van der Waals surface area contributed by atoms with Crippen molar-refractivity contribution in [2.45, 2.75) is 58.8 Å². The molecule has 2 rings (SSSR count).